The van der Waals surface area contributed by atoms with Gasteiger partial charge in [0, 0.05) is 36.1 Å². The summed E-state index contributed by atoms with van der Waals surface area (Å²) in [6.07, 6.45) is 3.98. The Morgan fingerprint density at radius 2 is 1.85 bits per heavy atom. The third-order valence-electron chi connectivity index (χ3n) is 3.88. The van der Waals surface area contributed by atoms with Gasteiger partial charge < -0.3 is 5.32 Å². The van der Waals surface area contributed by atoms with E-state index in [1.165, 1.54) is 12.1 Å². The summed E-state index contributed by atoms with van der Waals surface area (Å²) in [4.78, 5) is 16.2. The average molecular weight is 352 g/mol. The number of amides is 1. The first-order valence-electron chi connectivity index (χ1n) is 8.52. The zero-order valence-corrected chi connectivity index (χ0v) is 14.8. The molecule has 0 unspecified atom stereocenters. The topological polar surface area (TPSA) is 59.8 Å². The van der Waals surface area contributed by atoms with Crippen LogP contribution < -0.4 is 5.32 Å². The molecule has 26 heavy (non-hydrogen) atoms. The fraction of sp³-hybridized carbons (Fsp3) is 0.250. The van der Waals surface area contributed by atoms with E-state index in [2.05, 4.69) is 15.4 Å². The Bertz CT molecular complexity index is 873. The molecule has 3 rings (SSSR count). The maximum absolute atomic E-state index is 13.1. The first kappa shape index (κ1) is 17.8. The number of aromatic nitrogens is 3. The average Bonchev–Trinajstić information content (AvgIpc) is 2.99. The second kappa shape index (κ2) is 7.91. The number of halogens is 1. The van der Waals surface area contributed by atoms with Crippen LogP contribution in [-0.2, 0) is 17.8 Å². The van der Waals surface area contributed by atoms with Gasteiger partial charge in [-0.3, -0.25) is 14.5 Å². The summed E-state index contributed by atoms with van der Waals surface area (Å²) in [5.41, 5.74) is 3.56. The van der Waals surface area contributed by atoms with Gasteiger partial charge in [-0.15, -0.1) is 0 Å². The van der Waals surface area contributed by atoms with Crippen LogP contribution in [0.2, 0.25) is 0 Å². The fourth-order valence-electron chi connectivity index (χ4n) is 2.71. The highest BCUT2D eigenvalue weighted by molar-refractivity contribution is 5.76. The smallest absolute Gasteiger partial charge is 0.241 e. The highest BCUT2D eigenvalue weighted by atomic mass is 19.1. The molecule has 3 aromatic rings. The molecular weight excluding hydrogens is 331 g/mol. The summed E-state index contributed by atoms with van der Waals surface area (Å²) < 4.78 is 14.9. The van der Waals surface area contributed by atoms with Crippen molar-refractivity contribution in [2.75, 3.05) is 0 Å². The molecule has 1 N–H and O–H groups in total. The van der Waals surface area contributed by atoms with E-state index in [0.717, 1.165) is 22.5 Å². The van der Waals surface area contributed by atoms with Crippen molar-refractivity contribution in [3.8, 4) is 11.3 Å². The van der Waals surface area contributed by atoms with Crippen LogP contribution in [0.25, 0.3) is 11.3 Å². The summed E-state index contributed by atoms with van der Waals surface area (Å²) in [7, 11) is 0. The SMILES string of the molecule is CC(C)NC(=O)Cn1nc(-c2ccncc2)cc1Cc1ccc(F)cc1. The van der Waals surface area contributed by atoms with Crippen LogP contribution in [-0.4, -0.2) is 26.7 Å². The van der Waals surface area contributed by atoms with Gasteiger partial charge in [0.25, 0.3) is 0 Å². The normalized spacial score (nSPS) is 10.9. The maximum Gasteiger partial charge on any atom is 0.241 e. The van der Waals surface area contributed by atoms with Crippen LogP contribution in [0.5, 0.6) is 0 Å². The minimum Gasteiger partial charge on any atom is -0.352 e. The first-order valence-corrected chi connectivity index (χ1v) is 8.52. The number of benzene rings is 1. The van der Waals surface area contributed by atoms with Crippen LogP contribution in [0.15, 0.2) is 54.9 Å². The Hall–Kier alpha value is -3.02. The van der Waals surface area contributed by atoms with E-state index in [0.29, 0.717) is 6.42 Å². The van der Waals surface area contributed by atoms with Gasteiger partial charge in [-0.2, -0.15) is 5.10 Å². The number of nitrogens with one attached hydrogen (secondary N) is 1. The molecule has 0 saturated carbocycles. The quantitative estimate of drug-likeness (QED) is 0.741. The molecule has 1 amide bonds. The zero-order valence-electron chi connectivity index (χ0n) is 14.8. The molecule has 0 aliphatic carbocycles. The van der Waals surface area contributed by atoms with Crippen molar-refractivity contribution in [1.82, 2.24) is 20.1 Å². The van der Waals surface area contributed by atoms with E-state index < -0.39 is 0 Å². The molecular formula is C20H21FN4O. The van der Waals surface area contributed by atoms with E-state index >= 15 is 0 Å². The van der Waals surface area contributed by atoms with Gasteiger partial charge in [0.15, 0.2) is 0 Å². The van der Waals surface area contributed by atoms with E-state index in [-0.39, 0.29) is 24.3 Å². The third kappa shape index (κ3) is 4.53. The number of nitrogens with zero attached hydrogens (tertiary/aromatic N) is 3. The molecule has 0 fully saturated rings. The Kier molecular flexibility index (Phi) is 5.41. The molecule has 0 saturated heterocycles. The minimum absolute atomic E-state index is 0.0679. The Morgan fingerprint density at radius 3 is 2.50 bits per heavy atom. The Morgan fingerprint density at radius 1 is 1.15 bits per heavy atom. The predicted molar refractivity (Wildman–Crippen MR) is 97.9 cm³/mol. The first-order chi connectivity index (χ1) is 12.5. The standard InChI is InChI=1S/C20H21FN4O/c1-14(2)23-20(26)13-25-18(11-15-3-5-17(21)6-4-15)12-19(24-25)16-7-9-22-10-8-16/h3-10,12,14H,11,13H2,1-2H3,(H,23,26). The van der Waals surface area contributed by atoms with E-state index in [1.807, 2.05) is 32.0 Å². The van der Waals surface area contributed by atoms with Gasteiger partial charge in [0.2, 0.25) is 5.91 Å². The molecule has 5 nitrogen and oxygen atoms in total. The van der Waals surface area contributed by atoms with Gasteiger partial charge in [-0.05, 0) is 49.7 Å². The molecule has 0 bridgehead atoms. The molecule has 6 heteroatoms. The van der Waals surface area contributed by atoms with E-state index in [4.69, 9.17) is 0 Å². The predicted octanol–water partition coefficient (Wildman–Crippen LogP) is 3.20. The van der Waals surface area contributed by atoms with E-state index in [9.17, 15) is 9.18 Å². The maximum atomic E-state index is 13.1. The molecule has 0 radical (unpaired) electrons. The lowest BCUT2D eigenvalue weighted by molar-refractivity contribution is -0.122. The lowest BCUT2D eigenvalue weighted by Gasteiger charge is -2.10. The van der Waals surface area contributed by atoms with Crippen LogP contribution in [0.3, 0.4) is 0 Å². The van der Waals surface area contributed by atoms with Crippen molar-refractivity contribution in [1.29, 1.82) is 0 Å². The number of hydrogen-bond donors (Lipinski definition) is 1. The van der Waals surface area contributed by atoms with Gasteiger partial charge in [-0.1, -0.05) is 12.1 Å². The summed E-state index contributed by atoms with van der Waals surface area (Å²) >= 11 is 0. The van der Waals surface area contributed by atoms with Gasteiger partial charge in [0.05, 0.1) is 5.69 Å². The number of carbonyl (C=O) groups excluding carboxylic acids is 1. The number of carbonyl (C=O) groups is 1. The van der Waals surface area contributed by atoms with Gasteiger partial charge >= 0.3 is 0 Å². The molecule has 0 aliphatic heterocycles. The van der Waals surface area contributed by atoms with Crippen molar-refractivity contribution in [2.45, 2.75) is 32.9 Å². The van der Waals surface area contributed by atoms with Crippen LogP contribution in [0.4, 0.5) is 4.39 Å². The van der Waals surface area contributed by atoms with Crippen molar-refractivity contribution < 1.29 is 9.18 Å². The molecule has 134 valence electrons. The lowest BCUT2D eigenvalue weighted by atomic mass is 10.1. The summed E-state index contributed by atoms with van der Waals surface area (Å²) in [5.74, 6) is -0.360. The summed E-state index contributed by atoms with van der Waals surface area (Å²) in [5, 5.41) is 7.47. The highest BCUT2D eigenvalue weighted by Gasteiger charge is 2.14. The molecule has 0 aliphatic rings. The number of hydrogen-bond acceptors (Lipinski definition) is 3. The van der Waals surface area contributed by atoms with Gasteiger partial charge in [-0.25, -0.2) is 4.39 Å². The van der Waals surface area contributed by atoms with Crippen LogP contribution in [0, 0.1) is 5.82 Å². The zero-order chi connectivity index (χ0) is 18.5. The Balaban J connectivity index is 1.90. The summed E-state index contributed by atoms with van der Waals surface area (Å²) in [6.45, 7) is 3.98. The van der Waals surface area contributed by atoms with Crippen LogP contribution in [0.1, 0.15) is 25.1 Å². The Labute approximate surface area is 151 Å². The second-order valence-corrected chi connectivity index (χ2v) is 6.44. The molecule has 2 heterocycles. The molecule has 0 spiro atoms. The fourth-order valence-corrected chi connectivity index (χ4v) is 2.71. The van der Waals surface area contributed by atoms with Crippen LogP contribution >= 0.6 is 0 Å². The van der Waals surface area contributed by atoms with Crippen molar-refractivity contribution in [3.05, 3.63) is 71.9 Å². The van der Waals surface area contributed by atoms with Gasteiger partial charge in [0.1, 0.15) is 12.4 Å². The lowest BCUT2D eigenvalue weighted by Crippen LogP contribution is -2.33. The number of pyridine rings is 1. The van der Waals surface area contributed by atoms with Crippen molar-refractivity contribution in [2.24, 2.45) is 0 Å². The largest absolute Gasteiger partial charge is 0.352 e. The molecule has 0 atom stereocenters. The van der Waals surface area contributed by atoms with Crippen molar-refractivity contribution >= 4 is 5.91 Å². The molecule has 2 aromatic heterocycles. The monoisotopic (exact) mass is 352 g/mol. The second-order valence-electron chi connectivity index (χ2n) is 6.44. The molecule has 1 aromatic carbocycles. The highest BCUT2D eigenvalue weighted by Crippen LogP contribution is 2.20. The van der Waals surface area contributed by atoms with E-state index in [1.54, 1.807) is 29.2 Å². The minimum atomic E-state index is -0.268. The third-order valence-corrected chi connectivity index (χ3v) is 3.88. The van der Waals surface area contributed by atoms with Crippen molar-refractivity contribution in [3.63, 3.8) is 0 Å². The summed E-state index contributed by atoms with van der Waals surface area (Å²) in [6, 6.07) is 12.1. The number of rotatable bonds is 6.